The van der Waals surface area contributed by atoms with Gasteiger partial charge in [0.15, 0.2) is 9.84 Å². The summed E-state index contributed by atoms with van der Waals surface area (Å²) in [6.07, 6.45) is 7.69. The van der Waals surface area contributed by atoms with E-state index in [0.29, 0.717) is 48.7 Å². The van der Waals surface area contributed by atoms with Gasteiger partial charge in [0.2, 0.25) is 5.95 Å². The van der Waals surface area contributed by atoms with Crippen molar-refractivity contribution in [2.24, 2.45) is 0 Å². The highest BCUT2D eigenvalue weighted by Crippen LogP contribution is 2.29. The second-order valence-corrected chi connectivity index (χ2v) is 10.2. The number of hydrogen-bond acceptors (Lipinski definition) is 7. The van der Waals surface area contributed by atoms with E-state index < -0.39 is 9.84 Å². The van der Waals surface area contributed by atoms with Crippen LogP contribution in [0.5, 0.6) is 0 Å². The number of hydrogen-bond donors (Lipinski definition) is 0. The molecule has 1 amide bonds. The number of aryl methyl sites for hydroxylation is 1. The summed E-state index contributed by atoms with van der Waals surface area (Å²) in [5, 5.41) is 0.508. The van der Waals surface area contributed by atoms with Gasteiger partial charge in [-0.25, -0.2) is 18.4 Å². The van der Waals surface area contributed by atoms with Crippen molar-refractivity contribution < 1.29 is 17.9 Å². The van der Waals surface area contributed by atoms with Crippen LogP contribution in [0.15, 0.2) is 60.0 Å². The number of pyridine rings is 1. The van der Waals surface area contributed by atoms with Gasteiger partial charge in [-0.1, -0.05) is 6.07 Å². The van der Waals surface area contributed by atoms with Crippen LogP contribution in [0, 0.1) is 6.92 Å². The number of aromatic nitrogens is 4. The van der Waals surface area contributed by atoms with Crippen LogP contribution in [-0.4, -0.2) is 71.3 Å². The van der Waals surface area contributed by atoms with Crippen molar-refractivity contribution >= 4 is 26.6 Å². The van der Waals surface area contributed by atoms with Crippen molar-refractivity contribution in [3.05, 3.63) is 66.2 Å². The summed E-state index contributed by atoms with van der Waals surface area (Å²) in [7, 11) is -3.52. The molecule has 1 saturated heterocycles. The Balaban J connectivity index is 1.60. The Bertz CT molecular complexity index is 1490. The summed E-state index contributed by atoms with van der Waals surface area (Å²) >= 11 is 0. The van der Waals surface area contributed by atoms with Crippen molar-refractivity contribution in [3.8, 4) is 17.2 Å². The molecule has 5 rings (SSSR count). The first-order valence-electron chi connectivity index (χ1n) is 10.8. The maximum atomic E-state index is 13.0. The standard InChI is InChI=1S/C24H23N5O4S/c1-16-5-6-25-20(11-16)18-13-26-24(27-14-18)29-15-22(34(2,31)32)19-4-3-17(12-21(19)29)23(30)28-7-9-33-10-8-28/h3-6,11-15H,7-10H2,1-2H3. The van der Waals surface area contributed by atoms with Gasteiger partial charge in [-0.3, -0.25) is 14.3 Å². The van der Waals surface area contributed by atoms with Crippen molar-refractivity contribution in [2.45, 2.75) is 11.8 Å². The molecule has 1 fully saturated rings. The summed E-state index contributed by atoms with van der Waals surface area (Å²) in [4.78, 5) is 28.2. The number of fused-ring (bicyclic) bond motifs is 1. The molecule has 0 bridgehead atoms. The van der Waals surface area contributed by atoms with Crippen molar-refractivity contribution in [1.29, 1.82) is 0 Å². The smallest absolute Gasteiger partial charge is 0.254 e. The zero-order valence-electron chi connectivity index (χ0n) is 18.8. The molecule has 4 heterocycles. The van der Waals surface area contributed by atoms with E-state index in [1.807, 2.05) is 19.1 Å². The van der Waals surface area contributed by atoms with Gasteiger partial charge in [-0.2, -0.15) is 0 Å². The lowest BCUT2D eigenvalue weighted by Gasteiger charge is -2.26. The van der Waals surface area contributed by atoms with Crippen molar-refractivity contribution in [3.63, 3.8) is 0 Å². The Labute approximate surface area is 197 Å². The van der Waals surface area contributed by atoms with Gasteiger partial charge in [0.25, 0.3) is 5.91 Å². The topological polar surface area (TPSA) is 107 Å². The van der Waals surface area contributed by atoms with E-state index in [1.54, 1.807) is 46.3 Å². The number of carbonyl (C=O) groups excluding carboxylic acids is 1. The minimum atomic E-state index is -3.52. The highest BCUT2D eigenvalue weighted by atomic mass is 32.2. The first-order chi connectivity index (χ1) is 16.3. The molecule has 4 aromatic rings. The number of carbonyl (C=O) groups is 1. The largest absolute Gasteiger partial charge is 0.378 e. The van der Waals surface area contributed by atoms with E-state index in [-0.39, 0.29) is 10.8 Å². The number of nitrogens with zero attached hydrogens (tertiary/aromatic N) is 5. The van der Waals surface area contributed by atoms with Crippen molar-refractivity contribution in [2.75, 3.05) is 32.6 Å². The molecule has 1 aliphatic heterocycles. The Hall–Kier alpha value is -3.63. The Morgan fingerprint density at radius 2 is 1.76 bits per heavy atom. The van der Waals surface area contributed by atoms with Crippen molar-refractivity contribution in [1.82, 2.24) is 24.4 Å². The molecule has 1 aliphatic rings. The molecule has 3 aromatic heterocycles. The summed E-state index contributed by atoms with van der Waals surface area (Å²) in [6, 6.07) is 8.87. The fourth-order valence-electron chi connectivity index (χ4n) is 4.01. The molecule has 0 saturated carbocycles. The monoisotopic (exact) mass is 477 g/mol. The molecule has 34 heavy (non-hydrogen) atoms. The minimum absolute atomic E-state index is 0.124. The maximum absolute atomic E-state index is 13.0. The molecule has 0 unspecified atom stereocenters. The van der Waals surface area contributed by atoms with Gasteiger partial charge in [0.05, 0.1) is 29.3 Å². The summed E-state index contributed by atoms with van der Waals surface area (Å²) in [5.41, 5.74) is 3.57. The third-order valence-electron chi connectivity index (χ3n) is 5.78. The molecule has 0 radical (unpaired) electrons. The SMILES string of the molecule is Cc1ccnc(-c2cnc(-n3cc(S(C)(=O)=O)c4ccc(C(=O)N5CCOCC5)cc43)nc2)c1. The number of ether oxygens (including phenoxy) is 1. The van der Waals surface area contributed by atoms with Gasteiger partial charge in [-0.15, -0.1) is 0 Å². The number of rotatable bonds is 4. The Kier molecular flexibility index (Phi) is 5.62. The number of morpholine rings is 1. The Morgan fingerprint density at radius 3 is 2.44 bits per heavy atom. The predicted octanol–water partition coefficient (Wildman–Crippen LogP) is 2.67. The molecule has 0 aliphatic carbocycles. The first kappa shape index (κ1) is 22.2. The normalized spacial score (nSPS) is 14.5. The van der Waals surface area contributed by atoms with Crippen LogP contribution >= 0.6 is 0 Å². The zero-order chi connectivity index (χ0) is 23.9. The summed E-state index contributed by atoms with van der Waals surface area (Å²) < 4.78 is 31.9. The van der Waals surface area contributed by atoms with Gasteiger partial charge in [-0.05, 0) is 36.8 Å². The second kappa shape index (κ2) is 8.62. The average Bonchev–Trinajstić information content (AvgIpc) is 3.24. The number of benzene rings is 1. The van der Waals surface area contributed by atoms with Crippen LogP contribution in [-0.2, 0) is 14.6 Å². The van der Waals surface area contributed by atoms with E-state index in [1.165, 1.54) is 6.20 Å². The van der Waals surface area contributed by atoms with E-state index >= 15 is 0 Å². The molecule has 9 nitrogen and oxygen atoms in total. The summed E-state index contributed by atoms with van der Waals surface area (Å²) in [6.45, 7) is 4.01. The minimum Gasteiger partial charge on any atom is -0.378 e. The van der Waals surface area contributed by atoms with E-state index in [9.17, 15) is 13.2 Å². The first-order valence-corrected chi connectivity index (χ1v) is 12.7. The number of sulfone groups is 1. The third-order valence-corrected chi connectivity index (χ3v) is 6.90. The molecule has 0 atom stereocenters. The van der Waals surface area contributed by atoms with Gasteiger partial charge < -0.3 is 9.64 Å². The molecule has 0 N–H and O–H groups in total. The fraction of sp³-hybridized carbons (Fsp3) is 0.250. The molecular formula is C24H23N5O4S. The molecule has 0 spiro atoms. The quantitative estimate of drug-likeness (QED) is 0.445. The third kappa shape index (κ3) is 4.17. The van der Waals surface area contributed by atoms with E-state index in [4.69, 9.17) is 4.74 Å². The molecule has 1 aromatic carbocycles. The van der Waals surface area contributed by atoms with Gasteiger partial charge >= 0.3 is 0 Å². The van der Waals surface area contributed by atoms with Crippen LogP contribution in [0.4, 0.5) is 0 Å². The average molecular weight is 478 g/mol. The Morgan fingerprint density at radius 1 is 1.03 bits per heavy atom. The molecule has 174 valence electrons. The lowest BCUT2D eigenvalue weighted by atomic mass is 10.1. The molecular weight excluding hydrogens is 454 g/mol. The lowest BCUT2D eigenvalue weighted by Crippen LogP contribution is -2.40. The summed E-state index contributed by atoms with van der Waals surface area (Å²) in [5.74, 6) is 0.174. The zero-order valence-corrected chi connectivity index (χ0v) is 19.6. The second-order valence-electron chi connectivity index (χ2n) is 8.26. The predicted molar refractivity (Wildman–Crippen MR) is 127 cm³/mol. The van der Waals surface area contributed by atoms with Crippen LogP contribution < -0.4 is 0 Å². The van der Waals surface area contributed by atoms with Gasteiger partial charge in [0, 0.05) is 60.6 Å². The lowest BCUT2D eigenvalue weighted by molar-refractivity contribution is 0.0303. The van der Waals surface area contributed by atoms with Crippen LogP contribution in [0.3, 0.4) is 0 Å². The fourth-order valence-corrected chi connectivity index (χ4v) is 4.88. The van der Waals surface area contributed by atoms with Gasteiger partial charge in [0.1, 0.15) is 0 Å². The highest BCUT2D eigenvalue weighted by molar-refractivity contribution is 7.91. The number of amides is 1. The van der Waals surface area contributed by atoms with Crippen LogP contribution in [0.25, 0.3) is 28.1 Å². The van der Waals surface area contributed by atoms with Crippen LogP contribution in [0.2, 0.25) is 0 Å². The van der Waals surface area contributed by atoms with E-state index in [0.717, 1.165) is 23.1 Å². The maximum Gasteiger partial charge on any atom is 0.254 e. The van der Waals surface area contributed by atoms with Crippen LogP contribution in [0.1, 0.15) is 15.9 Å². The highest BCUT2D eigenvalue weighted by Gasteiger charge is 2.23. The molecule has 10 heteroatoms. The van der Waals surface area contributed by atoms with E-state index in [2.05, 4.69) is 15.0 Å².